The van der Waals surface area contributed by atoms with Gasteiger partial charge >= 0.3 is 6.18 Å². The first-order valence-electron chi connectivity index (χ1n) is 11.7. The molecule has 0 bridgehead atoms. The molecule has 0 saturated carbocycles. The summed E-state index contributed by atoms with van der Waals surface area (Å²) in [6, 6.07) is 13.0. The molecule has 2 nitrogen and oxygen atoms in total. The molecule has 0 aliphatic heterocycles. The van der Waals surface area contributed by atoms with E-state index < -0.39 is 17.3 Å². The molecule has 0 fully saturated rings. The van der Waals surface area contributed by atoms with Crippen LogP contribution in [0.5, 0.6) is 11.5 Å². The average molecular weight is 509 g/mol. The molecule has 0 heterocycles. The van der Waals surface area contributed by atoms with Gasteiger partial charge in [0, 0.05) is 6.42 Å². The van der Waals surface area contributed by atoms with Crippen LogP contribution < -0.4 is 9.47 Å². The second kappa shape index (κ2) is 14.8. The second-order valence-electron chi connectivity index (χ2n) is 11.4. The molecule has 0 aliphatic rings. The Kier molecular flexibility index (Phi) is 14.6. The smallest absolute Gasteiger partial charge is 0.416 e. The van der Waals surface area contributed by atoms with Gasteiger partial charge in [0.15, 0.2) is 0 Å². The van der Waals surface area contributed by atoms with Crippen LogP contribution in [-0.4, -0.2) is 11.2 Å². The number of halogens is 3. The van der Waals surface area contributed by atoms with E-state index in [-0.39, 0.29) is 18.8 Å². The number of aryl methyl sites for hydroxylation is 1. The van der Waals surface area contributed by atoms with Gasteiger partial charge in [0.2, 0.25) is 0 Å². The number of hydrogen-bond acceptors (Lipinski definition) is 2. The van der Waals surface area contributed by atoms with E-state index in [1.807, 2.05) is 25.1 Å². The number of alkyl halides is 3. The van der Waals surface area contributed by atoms with Crippen LogP contribution >= 0.6 is 0 Å². The molecule has 2 aromatic carbocycles. The zero-order valence-corrected chi connectivity index (χ0v) is 23.3. The summed E-state index contributed by atoms with van der Waals surface area (Å²) in [5.41, 5.74) is 0.321. The van der Waals surface area contributed by atoms with E-state index in [9.17, 15) is 13.2 Å². The van der Waals surface area contributed by atoms with Gasteiger partial charge in [0.25, 0.3) is 0 Å². The summed E-state index contributed by atoms with van der Waals surface area (Å²) in [7, 11) is 0. The first-order valence-corrected chi connectivity index (χ1v) is 11.7. The zero-order valence-electron chi connectivity index (χ0n) is 23.3. The van der Waals surface area contributed by atoms with Crippen molar-refractivity contribution in [3.63, 3.8) is 0 Å². The van der Waals surface area contributed by atoms with Crippen molar-refractivity contribution in [2.45, 2.75) is 107 Å². The first-order chi connectivity index (χ1) is 15.7. The van der Waals surface area contributed by atoms with E-state index in [4.69, 9.17) is 9.47 Å². The summed E-state index contributed by atoms with van der Waals surface area (Å²) in [5.74, 6) is 7.09. The molecule has 2 rings (SSSR count). The second-order valence-corrected chi connectivity index (χ2v) is 11.4. The lowest BCUT2D eigenvalue weighted by atomic mass is 9.93. The first kappa shape index (κ1) is 35.6. The van der Waals surface area contributed by atoms with Gasteiger partial charge in [0.05, 0.1) is 5.56 Å². The fraction of sp³-hybridized carbons (Fsp3) is 0.548. The Morgan fingerprint density at radius 3 is 1.50 bits per heavy atom. The molecule has 0 radical (unpaired) electrons. The third kappa shape index (κ3) is 19.7. The third-order valence-corrected chi connectivity index (χ3v) is 3.79. The molecule has 0 N–H and O–H groups in total. The number of rotatable bonds is 2. The third-order valence-electron chi connectivity index (χ3n) is 3.79. The minimum absolute atomic E-state index is 0. The lowest BCUT2D eigenvalue weighted by Crippen LogP contribution is -2.23. The quantitative estimate of drug-likeness (QED) is 0.376. The van der Waals surface area contributed by atoms with Gasteiger partial charge in [-0.25, -0.2) is 0 Å². The lowest BCUT2D eigenvalue weighted by Gasteiger charge is -2.21. The Morgan fingerprint density at radius 1 is 0.722 bits per heavy atom. The Bertz CT molecular complexity index is 945. The van der Waals surface area contributed by atoms with E-state index in [2.05, 4.69) is 66.4 Å². The molecule has 0 aliphatic carbocycles. The van der Waals surface area contributed by atoms with Crippen molar-refractivity contribution in [2.24, 2.45) is 5.41 Å². The standard InChI is InChI=1S/C11H13F3O.C11H16O.C8H14.CH4/c1-10(2,3)15-9-6-4-5-8(7-9)11(12,13)14;1-9-6-5-7-10(8-9)12-11(2,3)4;1-5-6-7-8(2,3)4;/h4-7H,1-3H3;5-8H,1-4H3;7H2,1-4H3;1H4. The summed E-state index contributed by atoms with van der Waals surface area (Å²) in [6.07, 6.45) is -3.32. The van der Waals surface area contributed by atoms with E-state index in [0.29, 0.717) is 5.41 Å². The fourth-order valence-electron chi connectivity index (χ4n) is 2.48. The van der Waals surface area contributed by atoms with Crippen LogP contribution in [-0.2, 0) is 6.18 Å². The maximum atomic E-state index is 12.3. The predicted molar refractivity (Wildman–Crippen MR) is 148 cm³/mol. The highest BCUT2D eigenvalue weighted by molar-refractivity contribution is 5.30. The molecular weight excluding hydrogens is 461 g/mol. The van der Waals surface area contributed by atoms with Gasteiger partial charge in [-0.05, 0) is 96.7 Å². The molecule has 0 saturated heterocycles. The highest BCUT2D eigenvalue weighted by Gasteiger charge is 2.30. The molecule has 36 heavy (non-hydrogen) atoms. The molecule has 2 aromatic rings. The van der Waals surface area contributed by atoms with Crippen molar-refractivity contribution in [3.05, 3.63) is 59.7 Å². The van der Waals surface area contributed by atoms with Gasteiger partial charge in [-0.2, -0.15) is 13.2 Å². The fourth-order valence-corrected chi connectivity index (χ4v) is 2.48. The van der Waals surface area contributed by atoms with Crippen molar-refractivity contribution >= 4 is 0 Å². The summed E-state index contributed by atoms with van der Waals surface area (Å²) >= 11 is 0. The van der Waals surface area contributed by atoms with Crippen LogP contribution in [0.2, 0.25) is 0 Å². The van der Waals surface area contributed by atoms with Crippen LogP contribution in [0.4, 0.5) is 13.2 Å². The van der Waals surface area contributed by atoms with Crippen molar-refractivity contribution in [1.82, 2.24) is 0 Å². The van der Waals surface area contributed by atoms with E-state index >= 15 is 0 Å². The van der Waals surface area contributed by atoms with Crippen molar-refractivity contribution in [3.8, 4) is 23.3 Å². The van der Waals surface area contributed by atoms with Gasteiger partial charge in [0.1, 0.15) is 22.7 Å². The Labute approximate surface area is 218 Å². The predicted octanol–water partition coefficient (Wildman–Crippen LogP) is 10.1. The molecule has 0 aromatic heterocycles. The van der Waals surface area contributed by atoms with Gasteiger partial charge in [-0.15, -0.1) is 11.8 Å². The minimum atomic E-state index is -4.32. The minimum Gasteiger partial charge on any atom is -0.488 e. The highest BCUT2D eigenvalue weighted by atomic mass is 19.4. The molecular formula is C31H47F3O2. The molecule has 0 atom stereocenters. The lowest BCUT2D eigenvalue weighted by molar-refractivity contribution is -0.137. The Balaban J connectivity index is 0. The van der Waals surface area contributed by atoms with Crippen LogP contribution in [0.15, 0.2) is 48.5 Å². The van der Waals surface area contributed by atoms with E-state index in [1.165, 1.54) is 17.7 Å². The molecule has 0 amide bonds. The number of benzene rings is 2. The molecule has 0 unspecified atom stereocenters. The maximum Gasteiger partial charge on any atom is 0.416 e. The summed E-state index contributed by atoms with van der Waals surface area (Å²) in [4.78, 5) is 0. The monoisotopic (exact) mass is 508 g/mol. The summed E-state index contributed by atoms with van der Waals surface area (Å²) in [5, 5.41) is 0. The Hall–Kier alpha value is -2.61. The van der Waals surface area contributed by atoms with Gasteiger partial charge in [-0.3, -0.25) is 0 Å². The van der Waals surface area contributed by atoms with Crippen molar-refractivity contribution in [2.75, 3.05) is 0 Å². The highest BCUT2D eigenvalue weighted by Crippen LogP contribution is 2.32. The van der Waals surface area contributed by atoms with Crippen LogP contribution in [0.3, 0.4) is 0 Å². The van der Waals surface area contributed by atoms with Crippen molar-refractivity contribution < 1.29 is 22.6 Å². The van der Waals surface area contributed by atoms with E-state index in [1.54, 1.807) is 20.8 Å². The summed E-state index contributed by atoms with van der Waals surface area (Å²) in [6.45, 7) is 22.0. The van der Waals surface area contributed by atoms with Crippen molar-refractivity contribution in [1.29, 1.82) is 0 Å². The molecule has 0 spiro atoms. The number of ether oxygens (including phenoxy) is 2. The summed E-state index contributed by atoms with van der Waals surface area (Å²) < 4.78 is 48.1. The van der Waals surface area contributed by atoms with Gasteiger partial charge in [-0.1, -0.05) is 46.4 Å². The molecule has 204 valence electrons. The van der Waals surface area contributed by atoms with Crippen LogP contribution in [0.25, 0.3) is 0 Å². The van der Waals surface area contributed by atoms with Gasteiger partial charge < -0.3 is 9.47 Å². The van der Waals surface area contributed by atoms with E-state index in [0.717, 1.165) is 24.3 Å². The largest absolute Gasteiger partial charge is 0.488 e. The zero-order chi connectivity index (χ0) is 27.5. The van der Waals surface area contributed by atoms with Crippen LogP contribution in [0.1, 0.15) is 94.2 Å². The SMILES string of the molecule is C.CC#CCC(C)(C)C.CC(C)(C)Oc1cccc(C(F)(F)F)c1.Cc1cccc(OC(C)(C)C)c1. The topological polar surface area (TPSA) is 18.5 Å². The normalized spacial score (nSPS) is 11.3. The number of hydrogen-bond donors (Lipinski definition) is 0. The average Bonchev–Trinajstić information content (AvgIpc) is 2.64. The Morgan fingerprint density at radius 2 is 1.17 bits per heavy atom. The van der Waals surface area contributed by atoms with Crippen LogP contribution in [0, 0.1) is 24.2 Å². The maximum absolute atomic E-state index is 12.3. The molecule has 5 heteroatoms.